The first-order valence-electron chi connectivity index (χ1n) is 4.11. The Morgan fingerprint density at radius 2 is 1.53 bits per heavy atom. The van der Waals surface area contributed by atoms with Gasteiger partial charge >= 0.3 is 32.5 Å². The number of hydrogen-bond donors (Lipinski definition) is 2. The summed E-state index contributed by atoms with van der Waals surface area (Å²) in [5.74, 6) is -4.05. The minimum atomic E-state index is -4.70. The Morgan fingerprint density at radius 3 is 1.94 bits per heavy atom. The van der Waals surface area contributed by atoms with Gasteiger partial charge in [0.05, 0.1) is 0 Å². The highest BCUT2D eigenvalue weighted by Gasteiger charge is 2.32. The second-order valence-electron chi connectivity index (χ2n) is 3.08. The lowest BCUT2D eigenvalue weighted by molar-refractivity contribution is -0.155. The van der Waals surface area contributed by atoms with E-state index in [1.54, 1.807) is 0 Å². The van der Waals surface area contributed by atoms with Gasteiger partial charge in [-0.15, -0.1) is 0 Å². The summed E-state index contributed by atoms with van der Waals surface area (Å²) in [4.78, 5) is 21.5. The maximum atomic E-state index is 11.0. The number of carbonyl (C=O) groups excluding carboxylic acids is 2. The van der Waals surface area contributed by atoms with Crippen molar-refractivity contribution in [1.29, 1.82) is 0 Å². The van der Waals surface area contributed by atoms with E-state index in [4.69, 9.17) is 0 Å². The summed E-state index contributed by atoms with van der Waals surface area (Å²) < 4.78 is 51.6. The molecule has 12 heteroatoms. The van der Waals surface area contributed by atoms with Crippen LogP contribution in [0.5, 0.6) is 0 Å². The van der Waals surface area contributed by atoms with Crippen molar-refractivity contribution in [3.63, 3.8) is 0 Å². The fraction of sp³-hybridized carbons (Fsp3) is 0.600. The van der Waals surface area contributed by atoms with Gasteiger partial charge in [-0.3, -0.25) is 0 Å². The average Bonchev–Trinajstić information content (AvgIpc) is 2.82. The number of hydrogen-bond acceptors (Lipinski definition) is 8. The molecule has 1 saturated carbocycles. The maximum Gasteiger partial charge on any atom is 0.435 e. The van der Waals surface area contributed by atoms with Crippen LogP contribution in [-0.4, -0.2) is 34.8 Å². The van der Waals surface area contributed by atoms with Gasteiger partial charge in [-0.25, -0.2) is 9.59 Å². The van der Waals surface area contributed by atoms with E-state index in [0.717, 1.165) is 0 Å². The van der Waals surface area contributed by atoms with Crippen LogP contribution in [0.15, 0.2) is 0 Å². The Morgan fingerprint density at radius 1 is 1.06 bits per heavy atom. The molecular weight excluding hydrogens is 280 g/mol. The van der Waals surface area contributed by atoms with Gasteiger partial charge in [0.25, 0.3) is 0 Å². The Balaban J connectivity index is 2.56. The summed E-state index contributed by atoms with van der Waals surface area (Å²) in [5.41, 5.74) is 0. The number of nitrogens with two attached hydrogens (primary N) is 1. The molecule has 3 N–H and O–H groups in total. The van der Waals surface area contributed by atoms with Crippen LogP contribution < -0.4 is 9.86 Å². The zero-order valence-electron chi connectivity index (χ0n) is 8.15. The van der Waals surface area contributed by atoms with Crippen molar-refractivity contribution in [1.82, 2.24) is 4.72 Å². The van der Waals surface area contributed by atoms with E-state index in [0.29, 0.717) is 12.8 Å². The Kier molecular flexibility index (Phi) is 3.71. The monoisotopic (exact) mass is 288 g/mol. The van der Waals surface area contributed by atoms with Gasteiger partial charge in [-0.2, -0.15) is 26.7 Å². The lowest BCUT2D eigenvalue weighted by Crippen LogP contribution is -2.34. The van der Waals surface area contributed by atoms with E-state index in [-0.39, 0.29) is 6.04 Å². The van der Waals surface area contributed by atoms with Crippen LogP contribution in [0.4, 0.5) is 0 Å². The van der Waals surface area contributed by atoms with Gasteiger partial charge in [0.15, 0.2) is 0 Å². The van der Waals surface area contributed by atoms with Crippen molar-refractivity contribution >= 4 is 32.5 Å². The van der Waals surface area contributed by atoms with Crippen LogP contribution in [0, 0.1) is 0 Å². The summed E-state index contributed by atoms with van der Waals surface area (Å²) >= 11 is 0. The topological polar surface area (TPSA) is 159 Å². The molecule has 0 aromatic rings. The second-order valence-corrected chi connectivity index (χ2v) is 5.54. The molecule has 0 bridgehead atoms. The number of rotatable bonds is 4. The normalized spacial score (nSPS) is 16.3. The molecule has 0 radical (unpaired) electrons. The van der Waals surface area contributed by atoms with Crippen LogP contribution in [0.2, 0.25) is 0 Å². The molecule has 0 aromatic carbocycles. The van der Waals surface area contributed by atoms with Crippen LogP contribution >= 0.6 is 0 Å². The van der Waals surface area contributed by atoms with Gasteiger partial charge < -0.3 is 8.37 Å². The van der Waals surface area contributed by atoms with Crippen LogP contribution in [-0.2, 0) is 38.6 Å². The highest BCUT2D eigenvalue weighted by Crippen LogP contribution is 2.19. The molecule has 0 aromatic heterocycles. The second kappa shape index (κ2) is 4.56. The third kappa shape index (κ3) is 5.58. The molecule has 10 nitrogen and oxygen atoms in total. The fourth-order valence-electron chi connectivity index (χ4n) is 0.703. The summed E-state index contributed by atoms with van der Waals surface area (Å²) in [7, 11) is -9.15. The molecule has 98 valence electrons. The average molecular weight is 288 g/mol. The summed E-state index contributed by atoms with van der Waals surface area (Å²) in [6.07, 6.45) is 1.16. The zero-order chi connectivity index (χ0) is 13.3. The van der Waals surface area contributed by atoms with E-state index >= 15 is 0 Å². The third-order valence-corrected chi connectivity index (χ3v) is 2.81. The molecule has 0 amide bonds. The van der Waals surface area contributed by atoms with Crippen molar-refractivity contribution in [3.05, 3.63) is 0 Å². The predicted octanol–water partition coefficient (Wildman–Crippen LogP) is -2.73. The zero-order valence-corrected chi connectivity index (χ0v) is 9.78. The molecule has 0 heterocycles. The van der Waals surface area contributed by atoms with Gasteiger partial charge in [0.2, 0.25) is 0 Å². The summed E-state index contributed by atoms with van der Waals surface area (Å²) in [6.45, 7) is 0. The lowest BCUT2D eigenvalue weighted by atomic mass is 10.7. The Bertz CT molecular complexity index is 530. The lowest BCUT2D eigenvalue weighted by Gasteiger charge is -2.04. The fourth-order valence-corrected chi connectivity index (χ4v) is 1.94. The summed E-state index contributed by atoms with van der Waals surface area (Å²) in [6, 6.07) is -0.345. The van der Waals surface area contributed by atoms with E-state index in [2.05, 4.69) is 13.5 Å². The van der Waals surface area contributed by atoms with E-state index in [9.17, 15) is 26.4 Å². The Hall–Kier alpha value is -1.24. The maximum absolute atomic E-state index is 11.0. The highest BCUT2D eigenvalue weighted by atomic mass is 32.2. The molecule has 1 rings (SSSR count). The van der Waals surface area contributed by atoms with Gasteiger partial charge in [0, 0.05) is 6.04 Å². The van der Waals surface area contributed by atoms with E-state index in [1.807, 2.05) is 4.72 Å². The highest BCUT2D eigenvalue weighted by molar-refractivity contribution is 7.85. The molecule has 0 atom stereocenters. The Labute approximate surface area is 96.6 Å². The van der Waals surface area contributed by atoms with Crippen molar-refractivity contribution < 1.29 is 34.8 Å². The SMILES string of the molecule is NS(=O)(=O)OC(=O)C(=O)OS(=O)(=O)NC1CC1. The first kappa shape index (κ1) is 13.8. The largest absolute Gasteiger partial charge is 0.435 e. The van der Waals surface area contributed by atoms with Crippen LogP contribution in [0.25, 0.3) is 0 Å². The van der Waals surface area contributed by atoms with Crippen molar-refractivity contribution in [2.24, 2.45) is 5.14 Å². The molecule has 1 aliphatic carbocycles. The quantitative estimate of drug-likeness (QED) is 0.527. The molecule has 1 fully saturated rings. The standard InChI is InChI=1S/C5H8N2O8S2/c6-16(10,11)14-4(8)5(9)15-17(12,13)7-3-1-2-3/h3,7H,1-2H2,(H2,6,10,11). The van der Waals surface area contributed by atoms with Crippen molar-refractivity contribution in [3.8, 4) is 0 Å². The minimum absolute atomic E-state index is 0.345. The molecule has 0 unspecified atom stereocenters. The molecule has 0 saturated heterocycles. The van der Waals surface area contributed by atoms with Gasteiger partial charge in [-0.1, -0.05) is 0 Å². The van der Waals surface area contributed by atoms with Crippen LogP contribution in [0.3, 0.4) is 0 Å². The third-order valence-electron chi connectivity index (χ3n) is 1.43. The summed E-state index contributed by atoms with van der Waals surface area (Å²) in [5, 5.41) is 4.28. The van der Waals surface area contributed by atoms with E-state index < -0.39 is 32.5 Å². The molecule has 1 aliphatic rings. The van der Waals surface area contributed by atoms with Crippen molar-refractivity contribution in [2.45, 2.75) is 18.9 Å². The molecule has 17 heavy (non-hydrogen) atoms. The number of nitrogens with one attached hydrogen (secondary N) is 1. The van der Waals surface area contributed by atoms with Crippen molar-refractivity contribution in [2.75, 3.05) is 0 Å². The molecular formula is C5H8N2O8S2. The van der Waals surface area contributed by atoms with Gasteiger partial charge in [-0.05, 0) is 12.8 Å². The molecule has 0 aliphatic heterocycles. The van der Waals surface area contributed by atoms with Gasteiger partial charge in [0.1, 0.15) is 0 Å². The predicted molar refractivity (Wildman–Crippen MR) is 50.4 cm³/mol. The first-order chi connectivity index (χ1) is 7.59. The van der Waals surface area contributed by atoms with Crippen LogP contribution in [0.1, 0.15) is 12.8 Å². The minimum Gasteiger partial charge on any atom is -0.324 e. The first-order valence-corrected chi connectivity index (χ1v) is 6.99. The van der Waals surface area contributed by atoms with E-state index in [1.165, 1.54) is 0 Å². The smallest absolute Gasteiger partial charge is 0.324 e. The molecule has 0 spiro atoms. The number of carbonyl (C=O) groups is 2.